The molecule has 0 bridgehead atoms. The molecule has 5 heteroatoms. The second kappa shape index (κ2) is 3.87. The normalized spacial score (nSPS) is 31.4. The number of hydrogen-bond acceptors (Lipinski definition) is 5. The van der Waals surface area contributed by atoms with Crippen LogP contribution in [0.3, 0.4) is 0 Å². The van der Waals surface area contributed by atoms with Gasteiger partial charge >= 0.3 is 5.97 Å². The molecule has 5 nitrogen and oxygen atoms in total. The van der Waals surface area contributed by atoms with Gasteiger partial charge in [-0.1, -0.05) is 0 Å². The Morgan fingerprint density at radius 3 is 2.79 bits per heavy atom. The van der Waals surface area contributed by atoms with Crippen molar-refractivity contribution in [3.05, 3.63) is 23.3 Å². The minimum atomic E-state index is -0.677. The molecule has 1 N–H and O–H groups in total. The highest BCUT2D eigenvalue weighted by molar-refractivity contribution is 5.75. The Kier molecular flexibility index (Phi) is 2.26. The molecular formula is C14H14O5. The van der Waals surface area contributed by atoms with Crippen LogP contribution < -0.4 is 9.47 Å². The van der Waals surface area contributed by atoms with Crippen molar-refractivity contribution in [3.8, 4) is 11.5 Å². The first-order valence-electron chi connectivity index (χ1n) is 6.51. The van der Waals surface area contributed by atoms with Crippen LogP contribution >= 0.6 is 0 Å². The highest BCUT2D eigenvalue weighted by Gasteiger charge is 2.44. The average molecular weight is 262 g/mol. The fraction of sp³-hybridized carbons (Fsp3) is 0.500. The first kappa shape index (κ1) is 11.1. The summed E-state index contributed by atoms with van der Waals surface area (Å²) in [5.41, 5.74) is 1.88. The van der Waals surface area contributed by atoms with Crippen LogP contribution in [0.5, 0.6) is 11.5 Å². The number of fused-ring (bicyclic) bond motifs is 3. The van der Waals surface area contributed by atoms with Crippen molar-refractivity contribution >= 4 is 5.97 Å². The number of hydrogen-bond donors (Lipinski definition) is 1. The van der Waals surface area contributed by atoms with Gasteiger partial charge in [0.2, 0.25) is 6.79 Å². The molecular weight excluding hydrogens is 248 g/mol. The number of ether oxygens (including phenoxy) is 3. The second-order valence-electron chi connectivity index (χ2n) is 5.29. The number of esters is 1. The van der Waals surface area contributed by atoms with E-state index in [4.69, 9.17) is 14.2 Å². The Labute approximate surface area is 110 Å². The van der Waals surface area contributed by atoms with Crippen LogP contribution in [0.15, 0.2) is 12.1 Å². The van der Waals surface area contributed by atoms with E-state index >= 15 is 0 Å². The third-order valence-corrected chi connectivity index (χ3v) is 4.32. The van der Waals surface area contributed by atoms with Crippen LogP contribution in [0.2, 0.25) is 0 Å². The van der Waals surface area contributed by atoms with Crippen LogP contribution in [0.4, 0.5) is 0 Å². The number of aliphatic hydroxyl groups excluding tert-OH is 1. The molecule has 1 saturated heterocycles. The van der Waals surface area contributed by atoms with E-state index in [2.05, 4.69) is 0 Å². The zero-order chi connectivity index (χ0) is 13.0. The molecule has 4 rings (SSSR count). The number of cyclic esters (lactones) is 1. The number of carbonyl (C=O) groups is 1. The van der Waals surface area contributed by atoms with E-state index in [1.54, 1.807) is 0 Å². The monoisotopic (exact) mass is 262 g/mol. The van der Waals surface area contributed by atoms with Crippen LogP contribution in [-0.2, 0) is 16.0 Å². The van der Waals surface area contributed by atoms with Gasteiger partial charge in [0.1, 0.15) is 0 Å². The zero-order valence-electron chi connectivity index (χ0n) is 10.3. The molecule has 0 amide bonds. The summed E-state index contributed by atoms with van der Waals surface area (Å²) < 4.78 is 15.8. The Morgan fingerprint density at radius 1 is 1.16 bits per heavy atom. The van der Waals surface area contributed by atoms with Gasteiger partial charge < -0.3 is 19.3 Å². The van der Waals surface area contributed by atoms with Crippen molar-refractivity contribution in [2.45, 2.75) is 18.9 Å². The molecule has 0 radical (unpaired) electrons. The Morgan fingerprint density at radius 2 is 1.95 bits per heavy atom. The van der Waals surface area contributed by atoms with Gasteiger partial charge in [0.25, 0.3) is 0 Å². The maximum absolute atomic E-state index is 11.7. The molecule has 0 aromatic heterocycles. The summed E-state index contributed by atoms with van der Waals surface area (Å²) >= 11 is 0. The van der Waals surface area contributed by atoms with Gasteiger partial charge in [0.05, 0.1) is 18.6 Å². The number of carbonyl (C=O) groups excluding carboxylic acids is 1. The summed E-state index contributed by atoms with van der Waals surface area (Å²) in [6.45, 7) is 0.528. The second-order valence-corrected chi connectivity index (χ2v) is 5.29. The Hall–Kier alpha value is -1.75. The molecule has 1 aromatic carbocycles. The van der Waals surface area contributed by atoms with Crippen LogP contribution in [0.25, 0.3) is 0 Å². The molecule has 100 valence electrons. The summed E-state index contributed by atoms with van der Waals surface area (Å²) in [5.74, 6) is 0.868. The summed E-state index contributed by atoms with van der Waals surface area (Å²) in [7, 11) is 0. The van der Waals surface area contributed by atoms with Crippen molar-refractivity contribution in [1.29, 1.82) is 0 Å². The van der Waals surface area contributed by atoms with Gasteiger partial charge in [-0.3, -0.25) is 4.79 Å². The first-order valence-corrected chi connectivity index (χ1v) is 6.51. The Balaban J connectivity index is 1.79. The molecule has 3 atom stereocenters. The topological polar surface area (TPSA) is 65.0 Å². The van der Waals surface area contributed by atoms with E-state index in [0.29, 0.717) is 18.8 Å². The molecule has 1 aromatic rings. The molecule has 19 heavy (non-hydrogen) atoms. The number of aliphatic hydroxyl groups is 1. The summed E-state index contributed by atoms with van der Waals surface area (Å²) in [6, 6.07) is 3.76. The third kappa shape index (κ3) is 1.54. The standard InChI is InChI=1S/C14H14O5/c15-13-9-4-12-11(18-6-19-12)3-7(9)1-2-8-10(13)5-17-14(8)16/h3-4,8,10,13,15H,1-2,5-6H2/t8-,10-,13+/m0/s1. The number of aryl methyl sites for hydroxylation is 1. The lowest BCUT2D eigenvalue weighted by Gasteiger charge is -2.19. The van der Waals surface area contributed by atoms with Gasteiger partial charge in [-0.05, 0) is 36.1 Å². The summed E-state index contributed by atoms with van der Waals surface area (Å²) in [6.07, 6.45) is 0.787. The van der Waals surface area contributed by atoms with Crippen LogP contribution in [0, 0.1) is 11.8 Å². The van der Waals surface area contributed by atoms with Gasteiger partial charge in [0.15, 0.2) is 11.5 Å². The minimum Gasteiger partial charge on any atom is -0.465 e. The molecule has 1 fully saturated rings. The molecule has 0 spiro atoms. The highest BCUT2D eigenvalue weighted by Crippen LogP contribution is 2.45. The van der Waals surface area contributed by atoms with Gasteiger partial charge in [-0.2, -0.15) is 0 Å². The number of rotatable bonds is 0. The van der Waals surface area contributed by atoms with E-state index in [0.717, 1.165) is 23.3 Å². The predicted molar refractivity (Wildman–Crippen MR) is 63.8 cm³/mol. The van der Waals surface area contributed by atoms with E-state index in [1.165, 1.54) is 0 Å². The molecule has 2 heterocycles. The molecule has 2 aliphatic heterocycles. The average Bonchev–Trinajstić information content (AvgIpc) is 2.97. The van der Waals surface area contributed by atoms with Gasteiger partial charge in [-0.15, -0.1) is 0 Å². The SMILES string of the molecule is O=C1OC[C@H]2[C@@H]1CCc1cc3c(cc1[C@H]2O)OCO3. The zero-order valence-corrected chi connectivity index (χ0v) is 10.3. The van der Waals surface area contributed by atoms with E-state index in [9.17, 15) is 9.90 Å². The molecule has 1 aliphatic carbocycles. The van der Waals surface area contributed by atoms with Crippen molar-refractivity contribution in [3.63, 3.8) is 0 Å². The smallest absolute Gasteiger partial charge is 0.309 e. The maximum atomic E-state index is 11.7. The first-order chi connectivity index (χ1) is 9.24. The maximum Gasteiger partial charge on any atom is 0.309 e. The largest absolute Gasteiger partial charge is 0.465 e. The fourth-order valence-corrected chi connectivity index (χ4v) is 3.25. The lowest BCUT2D eigenvalue weighted by Crippen LogP contribution is -2.20. The summed E-state index contributed by atoms with van der Waals surface area (Å²) in [4.78, 5) is 11.7. The quantitative estimate of drug-likeness (QED) is 0.711. The van der Waals surface area contributed by atoms with Crippen molar-refractivity contribution in [1.82, 2.24) is 0 Å². The predicted octanol–water partition coefficient (Wildman–Crippen LogP) is 1.18. The molecule has 0 saturated carbocycles. The van der Waals surface area contributed by atoms with E-state index < -0.39 is 6.10 Å². The minimum absolute atomic E-state index is 0.144. The van der Waals surface area contributed by atoms with Crippen LogP contribution in [0.1, 0.15) is 23.7 Å². The van der Waals surface area contributed by atoms with Crippen molar-refractivity contribution < 1.29 is 24.1 Å². The highest BCUT2D eigenvalue weighted by atomic mass is 16.7. The van der Waals surface area contributed by atoms with Gasteiger partial charge in [-0.25, -0.2) is 0 Å². The summed E-state index contributed by atoms with van der Waals surface area (Å²) in [5, 5.41) is 10.5. The third-order valence-electron chi connectivity index (χ3n) is 4.32. The lowest BCUT2D eigenvalue weighted by atomic mass is 9.87. The van der Waals surface area contributed by atoms with E-state index in [1.807, 2.05) is 12.1 Å². The lowest BCUT2D eigenvalue weighted by molar-refractivity contribution is -0.141. The Bertz CT molecular complexity index is 553. The van der Waals surface area contributed by atoms with E-state index in [-0.39, 0.29) is 24.6 Å². The molecule has 3 aliphatic rings. The molecule has 0 unspecified atom stereocenters. The van der Waals surface area contributed by atoms with Gasteiger partial charge in [0, 0.05) is 5.92 Å². The van der Waals surface area contributed by atoms with Crippen molar-refractivity contribution in [2.24, 2.45) is 11.8 Å². The fourth-order valence-electron chi connectivity index (χ4n) is 3.25. The van der Waals surface area contributed by atoms with Crippen LogP contribution in [-0.4, -0.2) is 24.5 Å². The van der Waals surface area contributed by atoms with Crippen molar-refractivity contribution in [2.75, 3.05) is 13.4 Å². The number of benzene rings is 1.